The first-order valence-electron chi connectivity index (χ1n) is 9.38. The number of benzene rings is 1. The van der Waals surface area contributed by atoms with Crippen LogP contribution in [0, 0.1) is 12.8 Å². The summed E-state index contributed by atoms with van der Waals surface area (Å²) >= 11 is 0. The van der Waals surface area contributed by atoms with Crippen molar-refractivity contribution >= 4 is 22.5 Å². The zero-order valence-corrected chi connectivity index (χ0v) is 15.8. The van der Waals surface area contributed by atoms with Gasteiger partial charge in [-0.1, -0.05) is 11.2 Å². The number of nitrogens with one attached hydrogen (secondary N) is 1. The van der Waals surface area contributed by atoms with Crippen molar-refractivity contribution in [2.75, 3.05) is 0 Å². The predicted octanol–water partition coefficient (Wildman–Crippen LogP) is 3.92. The fraction of sp³-hybridized carbons (Fsp3) is 0.300. The Balaban J connectivity index is 1.54. The Morgan fingerprint density at radius 2 is 2.10 bits per heavy atom. The first kappa shape index (κ1) is 18.6. The lowest BCUT2D eigenvalue weighted by atomic mass is 10.1. The second kappa shape index (κ2) is 6.54. The van der Waals surface area contributed by atoms with E-state index in [0.29, 0.717) is 24.1 Å². The Morgan fingerprint density at radius 1 is 1.30 bits per heavy atom. The minimum Gasteiger partial charge on any atom is -0.364 e. The van der Waals surface area contributed by atoms with Crippen LogP contribution < -0.4 is 5.32 Å². The van der Waals surface area contributed by atoms with Crippen molar-refractivity contribution in [3.63, 3.8) is 0 Å². The highest BCUT2D eigenvalue weighted by atomic mass is 19.4. The van der Waals surface area contributed by atoms with Crippen LogP contribution in [-0.4, -0.2) is 37.7 Å². The van der Waals surface area contributed by atoms with Crippen molar-refractivity contribution in [3.05, 3.63) is 48.2 Å². The molecule has 30 heavy (non-hydrogen) atoms. The molecule has 1 N–H and O–H groups in total. The quantitative estimate of drug-likeness (QED) is 0.546. The summed E-state index contributed by atoms with van der Waals surface area (Å²) in [4.78, 5) is 21.2. The Hall–Kier alpha value is -3.43. The van der Waals surface area contributed by atoms with E-state index >= 15 is 0 Å². The van der Waals surface area contributed by atoms with Gasteiger partial charge in [0.05, 0.1) is 5.69 Å². The SMILES string of the molecule is Cc1cc(-c2ccc3conc3c2)nc2c(C(=O)NC(C3CC3)C(F)(F)F)ncn12. The van der Waals surface area contributed by atoms with Crippen LogP contribution in [-0.2, 0) is 0 Å². The number of amides is 1. The minimum absolute atomic E-state index is 0.141. The number of hydrogen-bond acceptors (Lipinski definition) is 5. The van der Waals surface area contributed by atoms with E-state index in [2.05, 4.69) is 20.4 Å². The normalized spacial score (nSPS) is 15.6. The molecule has 0 radical (unpaired) electrons. The fourth-order valence-electron chi connectivity index (χ4n) is 3.56. The van der Waals surface area contributed by atoms with Gasteiger partial charge in [-0.2, -0.15) is 13.2 Å². The van der Waals surface area contributed by atoms with Gasteiger partial charge in [-0.3, -0.25) is 9.20 Å². The van der Waals surface area contributed by atoms with Gasteiger partial charge in [-0.25, -0.2) is 9.97 Å². The number of rotatable bonds is 4. The molecule has 0 saturated heterocycles. The molecule has 1 aliphatic rings. The van der Waals surface area contributed by atoms with E-state index in [1.54, 1.807) is 23.5 Å². The molecule has 0 bridgehead atoms. The predicted molar refractivity (Wildman–Crippen MR) is 101 cm³/mol. The van der Waals surface area contributed by atoms with Crippen LogP contribution in [0.15, 0.2) is 41.4 Å². The van der Waals surface area contributed by atoms with Gasteiger partial charge in [0.15, 0.2) is 11.3 Å². The maximum absolute atomic E-state index is 13.3. The second-order valence-electron chi connectivity index (χ2n) is 7.49. The molecule has 1 aromatic carbocycles. The number of imidazole rings is 1. The molecule has 1 saturated carbocycles. The third-order valence-corrected chi connectivity index (χ3v) is 5.30. The summed E-state index contributed by atoms with van der Waals surface area (Å²) in [5.74, 6) is -1.47. The van der Waals surface area contributed by atoms with Gasteiger partial charge in [-0.05, 0) is 43.9 Å². The Kier molecular flexibility index (Phi) is 4.05. The van der Waals surface area contributed by atoms with E-state index in [0.717, 1.165) is 16.6 Å². The van der Waals surface area contributed by atoms with Gasteiger partial charge in [0.2, 0.25) is 0 Å². The maximum Gasteiger partial charge on any atom is 0.408 e. The molecule has 1 unspecified atom stereocenters. The molecule has 1 aliphatic carbocycles. The fourth-order valence-corrected chi connectivity index (χ4v) is 3.56. The van der Waals surface area contributed by atoms with Crippen molar-refractivity contribution in [2.24, 2.45) is 5.92 Å². The lowest BCUT2D eigenvalue weighted by molar-refractivity contribution is -0.158. The van der Waals surface area contributed by atoms with Gasteiger partial charge < -0.3 is 9.84 Å². The van der Waals surface area contributed by atoms with Crippen molar-refractivity contribution in [3.8, 4) is 11.3 Å². The molecular weight excluding hydrogens is 399 g/mol. The Bertz CT molecular complexity index is 1270. The number of aromatic nitrogens is 4. The van der Waals surface area contributed by atoms with E-state index in [1.165, 1.54) is 12.6 Å². The molecule has 1 fully saturated rings. The van der Waals surface area contributed by atoms with Crippen LogP contribution in [0.5, 0.6) is 0 Å². The zero-order chi connectivity index (χ0) is 21.0. The average Bonchev–Trinajstić information content (AvgIpc) is 3.24. The molecule has 0 aliphatic heterocycles. The van der Waals surface area contributed by atoms with Gasteiger partial charge in [0.1, 0.15) is 24.1 Å². The molecule has 4 aromatic rings. The molecular formula is C20H16F3N5O2. The minimum atomic E-state index is -4.51. The maximum atomic E-state index is 13.3. The summed E-state index contributed by atoms with van der Waals surface area (Å²) in [7, 11) is 0. The smallest absolute Gasteiger partial charge is 0.364 e. The van der Waals surface area contributed by atoms with Crippen LogP contribution in [0.3, 0.4) is 0 Å². The van der Waals surface area contributed by atoms with Crippen LogP contribution in [0.1, 0.15) is 29.0 Å². The second-order valence-corrected chi connectivity index (χ2v) is 7.49. The molecule has 0 spiro atoms. The van der Waals surface area contributed by atoms with Crippen molar-refractivity contribution in [2.45, 2.75) is 32.0 Å². The highest BCUT2D eigenvalue weighted by Gasteiger charge is 2.50. The number of carbonyl (C=O) groups is 1. The number of hydrogen-bond donors (Lipinski definition) is 1. The van der Waals surface area contributed by atoms with E-state index in [-0.39, 0.29) is 11.3 Å². The lowest BCUT2D eigenvalue weighted by Crippen LogP contribution is -2.47. The third kappa shape index (κ3) is 3.17. The van der Waals surface area contributed by atoms with Gasteiger partial charge in [-0.15, -0.1) is 0 Å². The molecule has 5 rings (SSSR count). The van der Waals surface area contributed by atoms with Crippen LogP contribution in [0.4, 0.5) is 13.2 Å². The summed E-state index contributed by atoms with van der Waals surface area (Å²) in [5.41, 5.74) is 2.72. The van der Waals surface area contributed by atoms with E-state index in [4.69, 9.17) is 4.52 Å². The third-order valence-electron chi connectivity index (χ3n) is 5.30. The zero-order valence-electron chi connectivity index (χ0n) is 15.8. The molecule has 3 heterocycles. The number of aryl methyl sites for hydroxylation is 1. The molecule has 7 nitrogen and oxygen atoms in total. The summed E-state index contributed by atoms with van der Waals surface area (Å²) in [6, 6.07) is 5.39. The molecule has 154 valence electrons. The molecule has 3 aromatic heterocycles. The first-order chi connectivity index (χ1) is 14.3. The van der Waals surface area contributed by atoms with Gasteiger partial charge in [0.25, 0.3) is 5.91 Å². The monoisotopic (exact) mass is 415 g/mol. The van der Waals surface area contributed by atoms with Crippen LogP contribution in [0.2, 0.25) is 0 Å². The van der Waals surface area contributed by atoms with Crippen molar-refractivity contribution < 1.29 is 22.5 Å². The average molecular weight is 415 g/mol. The molecule has 1 atom stereocenters. The first-order valence-corrected chi connectivity index (χ1v) is 9.38. The Labute approximate surface area is 167 Å². The highest BCUT2D eigenvalue weighted by Crippen LogP contribution is 2.40. The van der Waals surface area contributed by atoms with E-state index in [1.807, 2.05) is 12.1 Å². The van der Waals surface area contributed by atoms with Gasteiger partial charge in [0, 0.05) is 16.6 Å². The van der Waals surface area contributed by atoms with Crippen molar-refractivity contribution in [1.82, 2.24) is 24.8 Å². The molecule has 1 amide bonds. The molecule has 10 heteroatoms. The summed E-state index contributed by atoms with van der Waals surface area (Å²) in [5, 5.41) is 6.86. The number of nitrogens with zero attached hydrogens (tertiary/aromatic N) is 4. The number of fused-ring (bicyclic) bond motifs is 2. The summed E-state index contributed by atoms with van der Waals surface area (Å²) < 4.78 is 46.4. The van der Waals surface area contributed by atoms with E-state index < -0.39 is 24.0 Å². The number of carbonyl (C=O) groups excluding carboxylic acids is 1. The summed E-state index contributed by atoms with van der Waals surface area (Å²) in [6.45, 7) is 1.80. The van der Waals surface area contributed by atoms with Gasteiger partial charge >= 0.3 is 6.18 Å². The summed E-state index contributed by atoms with van der Waals surface area (Å²) in [6.07, 6.45) is -0.705. The number of alkyl halides is 3. The topological polar surface area (TPSA) is 85.3 Å². The standard InChI is InChI=1S/C20H16F3N5O2/c1-10-6-14(12-4-5-13-8-30-27-15(13)7-12)25-18-16(24-9-28(10)18)19(29)26-17(11-2-3-11)20(21,22)23/h4-9,11,17H,2-3H2,1H3,(H,26,29). The van der Waals surface area contributed by atoms with Crippen LogP contribution >= 0.6 is 0 Å². The van der Waals surface area contributed by atoms with Crippen molar-refractivity contribution in [1.29, 1.82) is 0 Å². The number of halogens is 3. The van der Waals surface area contributed by atoms with Crippen LogP contribution in [0.25, 0.3) is 27.8 Å². The largest absolute Gasteiger partial charge is 0.408 e. The highest BCUT2D eigenvalue weighted by molar-refractivity contribution is 5.98. The van der Waals surface area contributed by atoms with E-state index in [9.17, 15) is 18.0 Å². The Morgan fingerprint density at radius 3 is 2.83 bits per heavy atom. The lowest BCUT2D eigenvalue weighted by Gasteiger charge is -2.20.